The highest BCUT2D eigenvalue weighted by molar-refractivity contribution is 5.86. The number of anilines is 1. The van der Waals surface area contributed by atoms with Gasteiger partial charge in [0.2, 0.25) is 0 Å². The van der Waals surface area contributed by atoms with E-state index in [1.165, 1.54) is 24.3 Å². The van der Waals surface area contributed by atoms with Crippen molar-refractivity contribution < 1.29 is 30.0 Å². The second kappa shape index (κ2) is 5.76. The molecule has 0 radical (unpaired) electrons. The molecule has 0 bridgehead atoms. The molecular formula is C13H16NO6-. The number of rotatable bonds is 3. The van der Waals surface area contributed by atoms with E-state index < -0.39 is 36.6 Å². The molecule has 0 saturated carbocycles. The molecule has 20 heavy (non-hydrogen) atoms. The molecule has 0 spiro atoms. The Morgan fingerprint density at radius 2 is 1.75 bits per heavy atom. The average molecular weight is 282 g/mol. The minimum atomic E-state index is -1.32. The Morgan fingerprint density at radius 1 is 1.15 bits per heavy atom. The third-order valence-electron chi connectivity index (χ3n) is 3.28. The summed E-state index contributed by atoms with van der Waals surface area (Å²) >= 11 is 0. The molecule has 0 aromatic heterocycles. The van der Waals surface area contributed by atoms with Crippen LogP contribution in [0.2, 0.25) is 0 Å². The Kier molecular flexibility index (Phi) is 4.24. The third-order valence-corrected chi connectivity index (χ3v) is 3.28. The number of carbonyl (C=O) groups is 1. The molecule has 2 rings (SSSR count). The molecule has 110 valence electrons. The molecule has 0 amide bonds. The van der Waals surface area contributed by atoms with Gasteiger partial charge >= 0.3 is 0 Å². The van der Waals surface area contributed by atoms with E-state index in [0.29, 0.717) is 5.69 Å². The number of carboxylic acid groups (broad SMARTS) is 1. The zero-order valence-corrected chi connectivity index (χ0v) is 10.8. The van der Waals surface area contributed by atoms with E-state index in [1.807, 2.05) is 0 Å². The van der Waals surface area contributed by atoms with Crippen LogP contribution in [0.5, 0.6) is 0 Å². The highest BCUT2D eigenvalue weighted by Gasteiger charge is 2.41. The Bertz CT molecular complexity index is 476. The highest BCUT2D eigenvalue weighted by Crippen LogP contribution is 2.22. The van der Waals surface area contributed by atoms with Crippen LogP contribution in [-0.2, 0) is 4.74 Å². The fourth-order valence-electron chi connectivity index (χ4n) is 2.04. The van der Waals surface area contributed by atoms with Crippen molar-refractivity contribution in [2.75, 3.05) is 5.32 Å². The molecule has 1 saturated heterocycles. The van der Waals surface area contributed by atoms with E-state index >= 15 is 0 Å². The Morgan fingerprint density at radius 3 is 2.30 bits per heavy atom. The van der Waals surface area contributed by atoms with Gasteiger partial charge in [-0.25, -0.2) is 0 Å². The molecule has 1 aliphatic heterocycles. The van der Waals surface area contributed by atoms with Crippen LogP contribution >= 0.6 is 0 Å². The maximum Gasteiger partial charge on any atom is 0.157 e. The number of aromatic carboxylic acids is 1. The van der Waals surface area contributed by atoms with Crippen molar-refractivity contribution in [1.82, 2.24) is 0 Å². The predicted molar refractivity (Wildman–Crippen MR) is 66.8 cm³/mol. The summed E-state index contributed by atoms with van der Waals surface area (Å²) in [6.07, 6.45) is -5.34. The average Bonchev–Trinajstić information content (AvgIpc) is 2.43. The smallest absolute Gasteiger partial charge is 0.157 e. The number of aliphatic hydroxyl groups is 3. The van der Waals surface area contributed by atoms with Gasteiger partial charge < -0.3 is 35.3 Å². The number of hydrogen-bond donors (Lipinski definition) is 4. The Balaban J connectivity index is 2.07. The first-order valence-corrected chi connectivity index (χ1v) is 6.17. The van der Waals surface area contributed by atoms with Crippen LogP contribution in [-0.4, -0.2) is 51.9 Å². The Labute approximate surface area is 115 Å². The maximum absolute atomic E-state index is 10.6. The van der Waals surface area contributed by atoms with Gasteiger partial charge in [0.1, 0.15) is 18.3 Å². The van der Waals surface area contributed by atoms with Crippen LogP contribution in [0.15, 0.2) is 24.3 Å². The van der Waals surface area contributed by atoms with Crippen molar-refractivity contribution in [1.29, 1.82) is 0 Å². The van der Waals surface area contributed by atoms with Crippen LogP contribution < -0.4 is 10.4 Å². The summed E-state index contributed by atoms with van der Waals surface area (Å²) in [6.45, 7) is 1.58. The second-order valence-corrected chi connectivity index (χ2v) is 4.74. The van der Waals surface area contributed by atoms with Gasteiger partial charge in [-0.1, -0.05) is 12.1 Å². The fourth-order valence-corrected chi connectivity index (χ4v) is 2.04. The van der Waals surface area contributed by atoms with Gasteiger partial charge in [-0.05, 0) is 24.6 Å². The maximum atomic E-state index is 10.6. The standard InChI is InChI=1S/C13H17NO6/c1-6-9(15)10(16)11(17)12(20-6)14-8-4-2-7(3-5-8)13(18)19/h2-6,9-12,14-17H,1H3,(H,18,19)/p-1/t6-,9+,10-,11-,12+/m0/s1. The topological polar surface area (TPSA) is 122 Å². The summed E-state index contributed by atoms with van der Waals surface area (Å²) in [5, 5.41) is 42.5. The number of aliphatic hydroxyl groups excluding tert-OH is 3. The summed E-state index contributed by atoms with van der Waals surface area (Å²) in [7, 11) is 0. The normalized spacial score (nSPS) is 33.7. The van der Waals surface area contributed by atoms with Gasteiger partial charge in [-0.15, -0.1) is 0 Å². The molecule has 1 aromatic carbocycles. The van der Waals surface area contributed by atoms with Crippen molar-refractivity contribution in [3.8, 4) is 0 Å². The molecule has 7 nitrogen and oxygen atoms in total. The lowest BCUT2D eigenvalue weighted by molar-refractivity contribution is -0.255. The molecule has 7 heteroatoms. The van der Waals surface area contributed by atoms with Gasteiger partial charge in [0.25, 0.3) is 0 Å². The molecule has 0 unspecified atom stereocenters. The minimum absolute atomic E-state index is 0.0319. The van der Waals surface area contributed by atoms with E-state index in [-0.39, 0.29) is 5.56 Å². The van der Waals surface area contributed by atoms with Crippen molar-refractivity contribution >= 4 is 11.7 Å². The molecular weight excluding hydrogens is 266 g/mol. The monoisotopic (exact) mass is 282 g/mol. The van der Waals surface area contributed by atoms with Crippen LogP contribution in [0.25, 0.3) is 0 Å². The van der Waals surface area contributed by atoms with E-state index in [0.717, 1.165) is 0 Å². The first kappa shape index (κ1) is 14.7. The largest absolute Gasteiger partial charge is 0.545 e. The predicted octanol–water partition coefficient (Wildman–Crippen LogP) is -1.71. The van der Waals surface area contributed by atoms with Crippen LogP contribution in [0.4, 0.5) is 5.69 Å². The number of ether oxygens (including phenoxy) is 1. The summed E-state index contributed by atoms with van der Waals surface area (Å²) in [6, 6.07) is 5.68. The summed E-state index contributed by atoms with van der Waals surface area (Å²) in [5.74, 6) is -1.28. The number of hydrogen-bond acceptors (Lipinski definition) is 7. The molecule has 5 atom stereocenters. The molecule has 1 fully saturated rings. The lowest BCUT2D eigenvalue weighted by Crippen LogP contribution is -2.58. The lowest BCUT2D eigenvalue weighted by atomic mass is 9.99. The summed E-state index contributed by atoms with van der Waals surface area (Å²) < 4.78 is 5.36. The minimum Gasteiger partial charge on any atom is -0.545 e. The molecule has 1 aliphatic rings. The van der Waals surface area contributed by atoms with E-state index in [9.17, 15) is 25.2 Å². The van der Waals surface area contributed by atoms with Crippen LogP contribution in [0, 0.1) is 0 Å². The number of nitrogens with one attached hydrogen (secondary N) is 1. The Hall–Kier alpha value is -1.67. The molecule has 1 aromatic rings. The van der Waals surface area contributed by atoms with Crippen molar-refractivity contribution in [3.63, 3.8) is 0 Å². The zero-order valence-electron chi connectivity index (χ0n) is 10.8. The van der Waals surface area contributed by atoms with Gasteiger partial charge in [0, 0.05) is 5.69 Å². The van der Waals surface area contributed by atoms with Crippen molar-refractivity contribution in [2.24, 2.45) is 0 Å². The first-order chi connectivity index (χ1) is 9.40. The van der Waals surface area contributed by atoms with Gasteiger partial charge in [-0.3, -0.25) is 0 Å². The van der Waals surface area contributed by atoms with Gasteiger partial charge in [0.05, 0.1) is 12.1 Å². The molecule has 1 heterocycles. The first-order valence-electron chi connectivity index (χ1n) is 6.17. The van der Waals surface area contributed by atoms with E-state index in [1.54, 1.807) is 6.92 Å². The third kappa shape index (κ3) is 2.91. The summed E-state index contributed by atoms with van der Waals surface area (Å²) in [4.78, 5) is 10.6. The van der Waals surface area contributed by atoms with Crippen LogP contribution in [0.1, 0.15) is 17.3 Å². The van der Waals surface area contributed by atoms with Crippen LogP contribution in [0.3, 0.4) is 0 Å². The SMILES string of the molecule is C[C@@H]1O[C@@H](Nc2ccc(C(=O)[O-])cc2)[C@@H](O)[C@@H](O)[C@@H]1O. The fraction of sp³-hybridized carbons (Fsp3) is 0.462. The lowest BCUT2D eigenvalue weighted by Gasteiger charge is -2.39. The summed E-state index contributed by atoms with van der Waals surface area (Å²) in [5.41, 5.74) is 0.541. The van der Waals surface area contributed by atoms with E-state index in [2.05, 4.69) is 5.32 Å². The number of carbonyl (C=O) groups excluding carboxylic acids is 1. The van der Waals surface area contributed by atoms with E-state index in [4.69, 9.17) is 4.74 Å². The number of carboxylic acids is 1. The van der Waals surface area contributed by atoms with Gasteiger partial charge in [-0.2, -0.15) is 0 Å². The number of benzene rings is 1. The quantitative estimate of drug-likeness (QED) is 0.520. The van der Waals surface area contributed by atoms with Crippen molar-refractivity contribution in [3.05, 3.63) is 29.8 Å². The second-order valence-electron chi connectivity index (χ2n) is 4.74. The van der Waals surface area contributed by atoms with Gasteiger partial charge in [0.15, 0.2) is 6.23 Å². The zero-order chi connectivity index (χ0) is 14.9. The highest BCUT2D eigenvalue weighted by atomic mass is 16.5. The molecule has 0 aliphatic carbocycles. The molecule has 4 N–H and O–H groups in total. The van der Waals surface area contributed by atoms with Crippen molar-refractivity contribution in [2.45, 2.75) is 37.6 Å².